The molecule has 1 fully saturated rings. The lowest BCUT2D eigenvalue weighted by atomic mass is 10.0. The molecule has 8 rings (SSSR count). The minimum absolute atomic E-state index is 0.277. The molecule has 4 atom stereocenters. The Balaban J connectivity index is 0.000000291. The quantitative estimate of drug-likeness (QED) is 0.0217. The molecule has 7 aromatic rings. The van der Waals surface area contributed by atoms with E-state index >= 15 is 0 Å². The number of benzene rings is 7. The molecule has 21 nitrogen and oxygen atoms in total. The number of esters is 4. The topological polar surface area (TPSA) is 262 Å². The van der Waals surface area contributed by atoms with Crippen LogP contribution < -0.4 is 26.2 Å². The van der Waals surface area contributed by atoms with Crippen LogP contribution in [0.2, 0.25) is 19.6 Å². The zero-order valence-electron chi connectivity index (χ0n) is 73.4. The van der Waals surface area contributed by atoms with Crippen molar-refractivity contribution in [2.75, 3.05) is 57.9 Å². The highest BCUT2D eigenvalue weighted by molar-refractivity contribution is 8.76. The number of amides is 4. The van der Waals surface area contributed by atoms with Crippen molar-refractivity contribution in [2.24, 2.45) is 0 Å². The van der Waals surface area contributed by atoms with Gasteiger partial charge in [0.05, 0.1) is 28.4 Å². The highest BCUT2D eigenvalue weighted by atomic mass is 33.1. The molecule has 1 aliphatic heterocycles. The first-order valence-electron chi connectivity index (χ1n) is 39.4. The van der Waals surface area contributed by atoms with Gasteiger partial charge >= 0.3 is 48.3 Å². The molecule has 640 valence electrons. The van der Waals surface area contributed by atoms with Crippen molar-refractivity contribution in [3.8, 4) is 58.8 Å². The number of nitrogens with zero attached hydrogens (tertiary/aromatic N) is 1. The maximum atomic E-state index is 12.2. The molecule has 1 heterocycles. The Kier molecular flexibility index (Phi) is 40.3. The van der Waals surface area contributed by atoms with Crippen LogP contribution in [0.3, 0.4) is 0 Å². The zero-order chi connectivity index (χ0) is 89.5. The number of carbonyl (C=O) groups excluding carboxylic acids is 8. The van der Waals surface area contributed by atoms with E-state index in [1.807, 2.05) is 174 Å². The largest absolute Gasteiger partial charge is 0.467 e. The second-order valence-electron chi connectivity index (χ2n) is 32.7. The van der Waals surface area contributed by atoms with Gasteiger partial charge in [-0.2, -0.15) is 0 Å². The molecule has 0 saturated carbocycles. The summed E-state index contributed by atoms with van der Waals surface area (Å²) in [6.45, 7) is 33.7. The number of carbonyl (C=O) groups is 8. The van der Waals surface area contributed by atoms with E-state index in [1.54, 1.807) is 90.0 Å². The van der Waals surface area contributed by atoms with Gasteiger partial charge in [-0.3, -0.25) is 0 Å². The molecular weight excluding hydrogens is 1580 g/mol. The summed E-state index contributed by atoms with van der Waals surface area (Å²) in [7, 11) is 7.64. The molecule has 4 unspecified atom stereocenters. The van der Waals surface area contributed by atoms with Crippen molar-refractivity contribution in [1.29, 1.82) is 0 Å². The summed E-state index contributed by atoms with van der Waals surface area (Å²) in [6.07, 6.45) is -1.43. The Morgan fingerprint density at radius 2 is 0.562 bits per heavy atom. The van der Waals surface area contributed by atoms with E-state index in [9.17, 15) is 38.4 Å². The van der Waals surface area contributed by atoms with Crippen LogP contribution in [-0.2, 0) is 82.8 Å². The zero-order valence-corrected chi connectivity index (χ0v) is 76.1. The van der Waals surface area contributed by atoms with Gasteiger partial charge in [-0.05, 0) is 228 Å². The van der Waals surface area contributed by atoms with Gasteiger partial charge in [0, 0.05) is 100 Å². The molecule has 0 bridgehead atoms. The Hall–Kier alpha value is -12.0. The third kappa shape index (κ3) is 41.5. The number of aryl methyl sites for hydroxylation is 1. The van der Waals surface area contributed by atoms with Crippen LogP contribution in [0.5, 0.6) is 0 Å². The second kappa shape index (κ2) is 48.9. The summed E-state index contributed by atoms with van der Waals surface area (Å²) in [6, 6.07) is 51.2. The number of anilines is 1. The summed E-state index contributed by atoms with van der Waals surface area (Å²) in [4.78, 5) is 98.6. The second-order valence-corrected chi connectivity index (χ2v) is 40.2. The molecule has 1 aliphatic rings. The van der Waals surface area contributed by atoms with E-state index in [1.165, 1.54) is 34.1 Å². The van der Waals surface area contributed by atoms with Gasteiger partial charge in [-0.1, -0.05) is 155 Å². The van der Waals surface area contributed by atoms with Crippen LogP contribution in [0.4, 0.5) is 24.9 Å². The van der Waals surface area contributed by atoms with Crippen molar-refractivity contribution < 1.29 is 76.3 Å². The average Bonchev–Trinajstić information content (AvgIpc) is 1.67. The number of hydrogen-bond donors (Lipinski definition) is 4. The van der Waals surface area contributed by atoms with Crippen LogP contribution >= 0.6 is 21.6 Å². The summed E-state index contributed by atoms with van der Waals surface area (Å²) >= 11 is 0. The summed E-state index contributed by atoms with van der Waals surface area (Å²) in [5.41, 5.74) is 14.0. The third-order valence-corrected chi connectivity index (χ3v) is 19.6. The lowest BCUT2D eigenvalue weighted by Gasteiger charge is -2.22. The third-order valence-electron chi connectivity index (χ3n) is 16.3. The van der Waals surface area contributed by atoms with Gasteiger partial charge in [0.15, 0.2) is 0 Å². The first-order valence-corrected chi connectivity index (χ1v) is 45.4. The molecule has 7 aromatic carbocycles. The van der Waals surface area contributed by atoms with Crippen LogP contribution in [0.1, 0.15) is 162 Å². The maximum Gasteiger partial charge on any atom is 0.408 e. The number of alkyl carbamates (subject to hydrolysis) is 4. The summed E-state index contributed by atoms with van der Waals surface area (Å²) in [5, 5.41) is 10.3. The normalized spacial score (nSPS) is 12.6. The average molecular weight is 1700 g/mol. The van der Waals surface area contributed by atoms with Crippen molar-refractivity contribution in [3.05, 3.63) is 242 Å². The van der Waals surface area contributed by atoms with Gasteiger partial charge in [0.1, 0.15) is 54.6 Å². The van der Waals surface area contributed by atoms with E-state index in [0.29, 0.717) is 6.42 Å². The highest BCUT2D eigenvalue weighted by Crippen LogP contribution is 2.27. The molecule has 24 heteroatoms. The van der Waals surface area contributed by atoms with Crippen molar-refractivity contribution >= 4 is 83.6 Å². The minimum Gasteiger partial charge on any atom is -0.467 e. The number of ether oxygens (including phenoxy) is 8. The Morgan fingerprint density at radius 1 is 0.347 bits per heavy atom. The maximum absolute atomic E-state index is 12.2. The molecule has 121 heavy (non-hydrogen) atoms. The predicted molar refractivity (Wildman–Crippen MR) is 483 cm³/mol. The van der Waals surface area contributed by atoms with Crippen LogP contribution in [-0.4, -0.2) is 156 Å². The van der Waals surface area contributed by atoms with Gasteiger partial charge < -0.3 is 64.1 Å². The Morgan fingerprint density at radius 3 is 0.785 bits per heavy atom. The molecule has 0 aromatic heterocycles. The number of nitrogens with one attached hydrogen (secondary N) is 4. The fourth-order valence-electron chi connectivity index (χ4n) is 10.6. The summed E-state index contributed by atoms with van der Waals surface area (Å²) in [5.74, 6) is 28.2. The summed E-state index contributed by atoms with van der Waals surface area (Å²) < 4.78 is 40.1. The van der Waals surface area contributed by atoms with Gasteiger partial charge in [-0.25, -0.2) is 38.4 Å². The van der Waals surface area contributed by atoms with Crippen LogP contribution in [0, 0.1) is 65.8 Å². The van der Waals surface area contributed by atoms with Crippen LogP contribution in [0.15, 0.2) is 170 Å². The van der Waals surface area contributed by atoms with Crippen molar-refractivity contribution in [1.82, 2.24) is 21.3 Å². The fraction of sp³-hybridized carbons (Fsp3) is 0.381. The SMILES string of the molecule is CC#Cc1ccc(C#Cc2ccc(CC(NC(=O)OC(C)(C)C)C(=O)OC)cc2)cc1.COC(=O)C(Cc1ccc(C#Cc2ccc(C#C[Si](C)(C)C)cc2)cc1)NC(=O)OC(C)(C)C.COC(=O)C(Cc1ccc(C#Cc2ccc(N3CCSSCC3)cc2)cc1)NC(=O)OC(C)(C)C.COC(=O)C(Cc1ccc(C)cc1)NC(=O)OC(C)(C)C. The first kappa shape index (κ1) is 99.6. The molecular formula is C97H115N5O16S2Si. The van der Waals surface area contributed by atoms with Crippen molar-refractivity contribution in [2.45, 2.75) is 189 Å². The van der Waals surface area contributed by atoms with E-state index in [4.69, 9.17) is 37.9 Å². The van der Waals surface area contributed by atoms with E-state index in [2.05, 4.69) is 129 Å². The van der Waals surface area contributed by atoms with Gasteiger partial charge in [0.2, 0.25) is 0 Å². The monoisotopic (exact) mass is 1700 g/mol. The lowest BCUT2D eigenvalue weighted by Crippen LogP contribution is -2.45. The van der Waals surface area contributed by atoms with E-state index < -0.39 is 103 Å². The van der Waals surface area contributed by atoms with E-state index in [-0.39, 0.29) is 19.3 Å². The standard InChI is InChI=1S/C28H33NO4Si.C27H32N2O4S2.C26H27NO4.C16H23NO4/c1-28(2,3)33-27(31)29-25(26(30)32-4)20-24-16-14-22(15-17-24)9-8-21-10-12-23(13-11-21)18-19-34(5,6)7;1-27(2,3)33-26(31)28-24(25(30)32-4)19-22-9-7-20(8-10-22)5-6-21-11-13-23(14-12-21)29-15-17-34-35-18-16-29;1-6-7-19-8-10-20(11-9-19)12-13-21-14-16-22(17-15-21)18-23(24(28)30-5)27-25(29)31-26(2,3)4;1-11-6-8-12(9-7-11)10-13(14(18)20-5)17-15(19)21-16(2,3)4/h10-17,25H,20H2,1-7H3,(H,29,31);7-14,24H,15-19H2,1-4H3,(H,28,31);8-11,14-17,23H,18H2,1-5H3,(H,27,29);6-9,13H,10H2,1-5H3,(H,17,19). The Labute approximate surface area is 724 Å². The van der Waals surface area contributed by atoms with E-state index in [0.717, 1.165) is 96.9 Å². The Bertz CT molecular complexity index is 4900. The fourth-order valence-corrected chi connectivity index (χ4v) is 13.1. The first-order chi connectivity index (χ1) is 57.0. The highest BCUT2D eigenvalue weighted by Gasteiger charge is 2.30. The molecule has 0 aliphatic carbocycles. The molecule has 0 spiro atoms. The molecule has 4 N–H and O–H groups in total. The number of rotatable bonds is 17. The van der Waals surface area contributed by atoms with Gasteiger partial charge in [-0.15, -0.1) is 11.5 Å². The lowest BCUT2D eigenvalue weighted by molar-refractivity contribution is -0.143. The predicted octanol–water partition coefficient (Wildman–Crippen LogP) is 16.5. The van der Waals surface area contributed by atoms with Gasteiger partial charge in [0.25, 0.3) is 0 Å². The molecule has 4 amide bonds. The number of methoxy groups -OCH3 is 4. The molecule has 0 radical (unpaired) electrons. The minimum atomic E-state index is -1.40. The number of hydrogen-bond acceptors (Lipinski definition) is 19. The molecule has 1 saturated heterocycles. The smallest absolute Gasteiger partial charge is 0.408 e. The van der Waals surface area contributed by atoms with Crippen molar-refractivity contribution in [3.63, 3.8) is 0 Å². The van der Waals surface area contributed by atoms with Crippen LogP contribution in [0.25, 0.3) is 0 Å².